The SMILES string of the molecule is CC.CN1CCn2cnnc21. The molecular formula is C7H14N4. The van der Waals surface area contributed by atoms with E-state index in [2.05, 4.69) is 15.1 Å². The van der Waals surface area contributed by atoms with Crippen molar-refractivity contribution in [3.63, 3.8) is 0 Å². The van der Waals surface area contributed by atoms with Crippen LogP contribution in [-0.2, 0) is 6.54 Å². The third-order valence-electron chi connectivity index (χ3n) is 1.61. The van der Waals surface area contributed by atoms with Crippen LogP contribution in [0.4, 0.5) is 5.95 Å². The van der Waals surface area contributed by atoms with Crippen molar-refractivity contribution in [3.8, 4) is 0 Å². The number of rotatable bonds is 0. The summed E-state index contributed by atoms with van der Waals surface area (Å²) >= 11 is 0. The Morgan fingerprint density at radius 1 is 1.36 bits per heavy atom. The maximum absolute atomic E-state index is 3.92. The Hall–Kier alpha value is -1.06. The molecule has 1 aromatic heterocycles. The molecule has 4 heteroatoms. The molecule has 0 aliphatic carbocycles. The van der Waals surface area contributed by atoms with E-state index in [4.69, 9.17) is 0 Å². The normalized spacial score (nSPS) is 13.9. The van der Waals surface area contributed by atoms with E-state index in [-0.39, 0.29) is 0 Å². The minimum atomic E-state index is 0.981. The van der Waals surface area contributed by atoms with E-state index in [1.807, 2.05) is 25.5 Å². The molecule has 0 unspecified atom stereocenters. The van der Waals surface area contributed by atoms with Crippen LogP contribution >= 0.6 is 0 Å². The summed E-state index contributed by atoms with van der Waals surface area (Å²) in [6.07, 6.45) is 1.76. The molecule has 0 aromatic carbocycles. The van der Waals surface area contributed by atoms with Gasteiger partial charge in [0.05, 0.1) is 0 Å². The van der Waals surface area contributed by atoms with Gasteiger partial charge in [-0.1, -0.05) is 13.8 Å². The van der Waals surface area contributed by atoms with Crippen molar-refractivity contribution in [2.45, 2.75) is 20.4 Å². The summed E-state index contributed by atoms with van der Waals surface area (Å²) < 4.78 is 2.04. The zero-order valence-corrected chi connectivity index (χ0v) is 7.28. The molecule has 0 saturated carbocycles. The van der Waals surface area contributed by atoms with Gasteiger partial charge in [-0.25, -0.2) is 0 Å². The third kappa shape index (κ3) is 1.34. The van der Waals surface area contributed by atoms with E-state index in [9.17, 15) is 0 Å². The van der Waals surface area contributed by atoms with E-state index in [0.717, 1.165) is 19.0 Å². The summed E-state index contributed by atoms with van der Waals surface area (Å²) in [5.41, 5.74) is 0. The van der Waals surface area contributed by atoms with Gasteiger partial charge >= 0.3 is 0 Å². The summed E-state index contributed by atoms with van der Waals surface area (Å²) in [5.74, 6) is 0.981. The smallest absolute Gasteiger partial charge is 0.226 e. The Labute approximate surface area is 66.8 Å². The predicted molar refractivity (Wildman–Crippen MR) is 44.6 cm³/mol. The quantitative estimate of drug-likeness (QED) is 0.553. The Bertz CT molecular complexity index is 218. The van der Waals surface area contributed by atoms with E-state index < -0.39 is 0 Å². The van der Waals surface area contributed by atoms with Gasteiger partial charge in [-0.2, -0.15) is 0 Å². The second-order valence-corrected chi connectivity index (χ2v) is 2.25. The monoisotopic (exact) mass is 154 g/mol. The molecule has 2 heterocycles. The first-order valence-corrected chi connectivity index (χ1v) is 3.97. The van der Waals surface area contributed by atoms with Crippen molar-refractivity contribution >= 4 is 5.95 Å². The first-order chi connectivity index (χ1) is 5.38. The lowest BCUT2D eigenvalue weighted by Crippen LogP contribution is -2.13. The van der Waals surface area contributed by atoms with Gasteiger partial charge < -0.3 is 4.90 Å². The van der Waals surface area contributed by atoms with E-state index >= 15 is 0 Å². The molecule has 0 radical (unpaired) electrons. The first-order valence-electron chi connectivity index (χ1n) is 3.97. The van der Waals surface area contributed by atoms with Crippen LogP contribution in [0.2, 0.25) is 0 Å². The number of hydrogen-bond donors (Lipinski definition) is 0. The van der Waals surface area contributed by atoms with Gasteiger partial charge in [0.25, 0.3) is 0 Å². The van der Waals surface area contributed by atoms with Crippen LogP contribution < -0.4 is 4.90 Å². The number of fused-ring (bicyclic) bond motifs is 1. The number of nitrogens with zero attached hydrogens (tertiary/aromatic N) is 4. The molecule has 4 nitrogen and oxygen atoms in total. The van der Waals surface area contributed by atoms with Gasteiger partial charge in [0, 0.05) is 20.1 Å². The lowest BCUT2D eigenvalue weighted by atomic mass is 10.6. The van der Waals surface area contributed by atoms with Gasteiger partial charge in [0.2, 0.25) is 5.95 Å². The average Bonchev–Trinajstić information content (AvgIpc) is 2.60. The van der Waals surface area contributed by atoms with Gasteiger partial charge in [0.1, 0.15) is 6.33 Å². The molecule has 2 rings (SSSR count). The predicted octanol–water partition coefficient (Wildman–Crippen LogP) is 0.754. The number of aromatic nitrogens is 3. The first kappa shape index (κ1) is 8.04. The molecule has 1 aliphatic heterocycles. The second kappa shape index (κ2) is 3.37. The molecule has 62 valence electrons. The zero-order chi connectivity index (χ0) is 8.27. The topological polar surface area (TPSA) is 34.0 Å². The van der Waals surface area contributed by atoms with Crippen LogP contribution in [0.15, 0.2) is 6.33 Å². The number of likely N-dealkylation sites (N-methyl/N-ethyl adjacent to an activating group) is 1. The van der Waals surface area contributed by atoms with Crippen molar-refractivity contribution in [1.29, 1.82) is 0 Å². The zero-order valence-electron chi connectivity index (χ0n) is 7.28. The van der Waals surface area contributed by atoms with Gasteiger partial charge in [-0.3, -0.25) is 4.57 Å². The van der Waals surface area contributed by atoms with Crippen molar-refractivity contribution in [1.82, 2.24) is 14.8 Å². The molecule has 0 fully saturated rings. The van der Waals surface area contributed by atoms with Crippen molar-refractivity contribution in [2.75, 3.05) is 18.5 Å². The van der Waals surface area contributed by atoms with Crippen LogP contribution in [0.1, 0.15) is 13.8 Å². The highest BCUT2D eigenvalue weighted by molar-refractivity contribution is 5.31. The minimum absolute atomic E-state index is 0.981. The van der Waals surface area contributed by atoms with Crippen molar-refractivity contribution in [2.24, 2.45) is 0 Å². The molecular weight excluding hydrogens is 140 g/mol. The molecule has 1 aliphatic rings. The highest BCUT2D eigenvalue weighted by Crippen LogP contribution is 2.13. The van der Waals surface area contributed by atoms with Gasteiger partial charge in [0.15, 0.2) is 0 Å². The molecule has 11 heavy (non-hydrogen) atoms. The highest BCUT2D eigenvalue weighted by atomic mass is 15.4. The molecule has 0 spiro atoms. The van der Waals surface area contributed by atoms with Crippen LogP contribution in [-0.4, -0.2) is 28.4 Å². The Morgan fingerprint density at radius 2 is 2.09 bits per heavy atom. The van der Waals surface area contributed by atoms with E-state index in [1.165, 1.54) is 0 Å². The van der Waals surface area contributed by atoms with Gasteiger partial charge in [-0.15, -0.1) is 10.2 Å². The Kier molecular flexibility index (Phi) is 2.46. The largest absolute Gasteiger partial charge is 0.342 e. The van der Waals surface area contributed by atoms with Crippen LogP contribution in [0, 0.1) is 0 Å². The minimum Gasteiger partial charge on any atom is -0.342 e. The molecule has 0 bridgehead atoms. The average molecular weight is 154 g/mol. The van der Waals surface area contributed by atoms with E-state index in [1.54, 1.807) is 6.33 Å². The van der Waals surface area contributed by atoms with Gasteiger partial charge in [-0.05, 0) is 0 Å². The maximum atomic E-state index is 3.92. The fourth-order valence-electron chi connectivity index (χ4n) is 1.06. The Balaban J connectivity index is 0.000000281. The molecule has 0 amide bonds. The van der Waals surface area contributed by atoms with Crippen LogP contribution in [0.5, 0.6) is 0 Å². The lowest BCUT2D eigenvalue weighted by Gasteiger charge is -2.03. The fraction of sp³-hybridized carbons (Fsp3) is 0.714. The maximum Gasteiger partial charge on any atom is 0.226 e. The Morgan fingerprint density at radius 3 is 2.73 bits per heavy atom. The molecule has 0 saturated heterocycles. The standard InChI is InChI=1S/C5H8N4.C2H6/c1-8-2-3-9-4-6-7-5(8)9;1-2/h4H,2-3H2,1H3;1-2H3. The van der Waals surface area contributed by atoms with Crippen LogP contribution in [0.3, 0.4) is 0 Å². The second-order valence-electron chi connectivity index (χ2n) is 2.25. The third-order valence-corrected chi connectivity index (χ3v) is 1.61. The highest BCUT2D eigenvalue weighted by Gasteiger charge is 2.15. The van der Waals surface area contributed by atoms with Crippen molar-refractivity contribution < 1.29 is 0 Å². The van der Waals surface area contributed by atoms with Crippen LogP contribution in [0.25, 0.3) is 0 Å². The summed E-state index contributed by atoms with van der Waals surface area (Å²) in [6, 6.07) is 0. The summed E-state index contributed by atoms with van der Waals surface area (Å²) in [4.78, 5) is 2.09. The summed E-state index contributed by atoms with van der Waals surface area (Å²) in [6.45, 7) is 6.09. The summed E-state index contributed by atoms with van der Waals surface area (Å²) in [7, 11) is 2.02. The van der Waals surface area contributed by atoms with Crippen molar-refractivity contribution in [3.05, 3.63) is 6.33 Å². The number of hydrogen-bond acceptors (Lipinski definition) is 3. The number of anilines is 1. The summed E-state index contributed by atoms with van der Waals surface area (Å²) in [5, 5.41) is 7.68. The molecule has 0 N–H and O–H groups in total. The molecule has 0 atom stereocenters. The van der Waals surface area contributed by atoms with E-state index in [0.29, 0.717) is 0 Å². The fourth-order valence-corrected chi connectivity index (χ4v) is 1.06. The lowest BCUT2D eigenvalue weighted by molar-refractivity contribution is 0.782. The molecule has 1 aromatic rings.